The van der Waals surface area contributed by atoms with Crippen molar-refractivity contribution in [2.24, 2.45) is 5.92 Å². The predicted octanol–water partition coefficient (Wildman–Crippen LogP) is 2.13. The Morgan fingerprint density at radius 3 is 2.62 bits per heavy atom. The lowest BCUT2D eigenvalue weighted by molar-refractivity contribution is -0.143. The second-order valence-electron chi connectivity index (χ2n) is 5.51. The van der Waals surface area contributed by atoms with E-state index in [0.29, 0.717) is 30.5 Å². The number of hydrogen-bond donors (Lipinski definition) is 1. The van der Waals surface area contributed by atoms with E-state index in [9.17, 15) is 14.4 Å². The van der Waals surface area contributed by atoms with E-state index in [-0.39, 0.29) is 18.2 Å². The highest BCUT2D eigenvalue weighted by Crippen LogP contribution is 2.20. The lowest BCUT2D eigenvalue weighted by Crippen LogP contribution is -2.42. The molecule has 1 heterocycles. The quantitative estimate of drug-likeness (QED) is 0.865. The van der Waals surface area contributed by atoms with Crippen LogP contribution in [0.1, 0.15) is 46.0 Å². The molecule has 1 N–H and O–H groups in total. The molecular weight excluding hydrogens is 270 g/mol. The van der Waals surface area contributed by atoms with Crippen LogP contribution in [-0.4, -0.2) is 40.8 Å². The molecule has 2 rings (SSSR count). The molecule has 1 fully saturated rings. The van der Waals surface area contributed by atoms with Gasteiger partial charge in [0, 0.05) is 24.2 Å². The second kappa shape index (κ2) is 6.08. The molecule has 1 aliphatic heterocycles. The van der Waals surface area contributed by atoms with Crippen molar-refractivity contribution in [2.45, 2.75) is 26.7 Å². The number of ketones is 1. The summed E-state index contributed by atoms with van der Waals surface area (Å²) >= 11 is 0. The number of nitrogens with zero attached hydrogens (tertiary/aromatic N) is 1. The summed E-state index contributed by atoms with van der Waals surface area (Å²) in [6, 6.07) is 5.04. The average molecular weight is 289 g/mol. The number of rotatable bonds is 3. The largest absolute Gasteiger partial charge is 0.481 e. The Labute approximate surface area is 123 Å². The molecule has 1 aromatic carbocycles. The topological polar surface area (TPSA) is 74.7 Å². The van der Waals surface area contributed by atoms with Crippen molar-refractivity contribution in [1.29, 1.82) is 0 Å². The van der Waals surface area contributed by atoms with Crippen LogP contribution in [0, 0.1) is 12.8 Å². The summed E-state index contributed by atoms with van der Waals surface area (Å²) in [5, 5.41) is 9.08. The Hall–Kier alpha value is -2.17. The van der Waals surface area contributed by atoms with Gasteiger partial charge >= 0.3 is 5.97 Å². The zero-order valence-electron chi connectivity index (χ0n) is 12.3. The number of carboxylic acid groups (broad SMARTS) is 1. The summed E-state index contributed by atoms with van der Waals surface area (Å²) in [5.74, 6) is -1.64. The molecule has 0 radical (unpaired) electrons. The number of carbonyl (C=O) groups is 3. The molecule has 112 valence electrons. The van der Waals surface area contributed by atoms with E-state index in [2.05, 4.69) is 0 Å². The van der Waals surface area contributed by atoms with Gasteiger partial charge in [-0.25, -0.2) is 0 Å². The molecule has 1 atom stereocenters. The summed E-state index contributed by atoms with van der Waals surface area (Å²) in [7, 11) is 0. The standard InChI is InChI=1S/C16H19NO4/c1-10-5-6-12(8-14(10)11(2)18)15(19)17-7-3-4-13(9-17)16(20)21/h5-6,8,13H,3-4,7,9H2,1-2H3,(H,20,21). The zero-order chi connectivity index (χ0) is 15.6. The van der Waals surface area contributed by atoms with Crippen LogP contribution in [0.2, 0.25) is 0 Å². The molecule has 1 aromatic rings. The van der Waals surface area contributed by atoms with E-state index in [4.69, 9.17) is 5.11 Å². The third-order valence-electron chi connectivity index (χ3n) is 3.92. The molecule has 21 heavy (non-hydrogen) atoms. The molecule has 0 spiro atoms. The number of piperidine rings is 1. The maximum Gasteiger partial charge on any atom is 0.308 e. The van der Waals surface area contributed by atoms with Crippen LogP contribution >= 0.6 is 0 Å². The van der Waals surface area contributed by atoms with Crippen molar-refractivity contribution in [2.75, 3.05) is 13.1 Å². The average Bonchev–Trinajstić information content (AvgIpc) is 2.46. The summed E-state index contributed by atoms with van der Waals surface area (Å²) in [4.78, 5) is 36.7. The maximum absolute atomic E-state index is 12.5. The lowest BCUT2D eigenvalue weighted by Gasteiger charge is -2.30. The Morgan fingerprint density at radius 1 is 1.29 bits per heavy atom. The van der Waals surface area contributed by atoms with Crippen LogP contribution in [-0.2, 0) is 4.79 Å². The molecule has 0 aliphatic carbocycles. The van der Waals surface area contributed by atoms with Gasteiger partial charge in [0.1, 0.15) is 0 Å². The van der Waals surface area contributed by atoms with E-state index in [0.717, 1.165) is 5.56 Å². The molecule has 1 aliphatic rings. The van der Waals surface area contributed by atoms with Gasteiger partial charge in [-0.1, -0.05) is 6.07 Å². The number of hydrogen-bond acceptors (Lipinski definition) is 3. The van der Waals surface area contributed by atoms with E-state index in [1.807, 2.05) is 6.92 Å². The zero-order valence-corrected chi connectivity index (χ0v) is 12.3. The second-order valence-corrected chi connectivity index (χ2v) is 5.51. The van der Waals surface area contributed by atoms with Crippen LogP contribution in [0.5, 0.6) is 0 Å². The third-order valence-corrected chi connectivity index (χ3v) is 3.92. The van der Waals surface area contributed by atoms with Crippen molar-refractivity contribution in [1.82, 2.24) is 4.90 Å². The van der Waals surface area contributed by atoms with Gasteiger partial charge in [0.05, 0.1) is 5.92 Å². The molecule has 1 amide bonds. The fourth-order valence-corrected chi connectivity index (χ4v) is 2.68. The Balaban J connectivity index is 2.22. The van der Waals surface area contributed by atoms with E-state index >= 15 is 0 Å². The van der Waals surface area contributed by atoms with E-state index in [1.54, 1.807) is 23.1 Å². The minimum absolute atomic E-state index is 0.0794. The summed E-state index contributed by atoms with van der Waals surface area (Å²) in [6.45, 7) is 4.09. The number of Topliss-reactive ketones (excluding diaryl/α,β-unsaturated/α-hetero) is 1. The highest BCUT2D eigenvalue weighted by Gasteiger charge is 2.28. The Kier molecular flexibility index (Phi) is 4.40. The number of carboxylic acids is 1. The number of likely N-dealkylation sites (tertiary alicyclic amines) is 1. The number of aryl methyl sites for hydroxylation is 1. The third kappa shape index (κ3) is 3.29. The van der Waals surface area contributed by atoms with Crippen LogP contribution in [0.25, 0.3) is 0 Å². The first-order chi connectivity index (χ1) is 9.90. The van der Waals surface area contributed by atoms with Crippen LogP contribution in [0.15, 0.2) is 18.2 Å². The van der Waals surface area contributed by atoms with Gasteiger partial charge in [-0.3, -0.25) is 14.4 Å². The summed E-state index contributed by atoms with van der Waals surface area (Å²) < 4.78 is 0. The summed E-state index contributed by atoms with van der Waals surface area (Å²) in [5.41, 5.74) is 1.81. The van der Waals surface area contributed by atoms with Gasteiger partial charge < -0.3 is 10.0 Å². The fourth-order valence-electron chi connectivity index (χ4n) is 2.68. The molecule has 1 unspecified atom stereocenters. The minimum Gasteiger partial charge on any atom is -0.481 e. The van der Waals surface area contributed by atoms with Crippen molar-refractivity contribution < 1.29 is 19.5 Å². The van der Waals surface area contributed by atoms with Crippen LogP contribution in [0.4, 0.5) is 0 Å². The molecular formula is C16H19NO4. The molecule has 5 nitrogen and oxygen atoms in total. The summed E-state index contributed by atoms with van der Waals surface area (Å²) in [6.07, 6.45) is 1.29. The van der Waals surface area contributed by atoms with Gasteiger partial charge in [0.15, 0.2) is 5.78 Å². The first kappa shape index (κ1) is 15.2. The predicted molar refractivity (Wildman–Crippen MR) is 77.4 cm³/mol. The van der Waals surface area contributed by atoms with Gasteiger partial charge in [0.25, 0.3) is 5.91 Å². The van der Waals surface area contributed by atoms with Gasteiger partial charge in [-0.2, -0.15) is 0 Å². The van der Waals surface area contributed by atoms with E-state index in [1.165, 1.54) is 6.92 Å². The highest BCUT2D eigenvalue weighted by atomic mass is 16.4. The van der Waals surface area contributed by atoms with E-state index < -0.39 is 11.9 Å². The van der Waals surface area contributed by atoms with Crippen molar-refractivity contribution in [3.05, 3.63) is 34.9 Å². The van der Waals surface area contributed by atoms with Gasteiger partial charge in [0.2, 0.25) is 0 Å². The maximum atomic E-state index is 12.5. The van der Waals surface area contributed by atoms with Crippen molar-refractivity contribution in [3.63, 3.8) is 0 Å². The molecule has 5 heteroatoms. The van der Waals surface area contributed by atoms with Gasteiger partial charge in [-0.05, 0) is 44.4 Å². The van der Waals surface area contributed by atoms with Gasteiger partial charge in [-0.15, -0.1) is 0 Å². The molecule has 0 aromatic heterocycles. The molecule has 1 saturated heterocycles. The lowest BCUT2D eigenvalue weighted by atomic mass is 9.96. The smallest absolute Gasteiger partial charge is 0.308 e. The first-order valence-electron chi connectivity index (χ1n) is 7.04. The number of carbonyl (C=O) groups excluding carboxylic acids is 2. The minimum atomic E-state index is -0.860. The number of aliphatic carboxylic acids is 1. The van der Waals surface area contributed by atoms with Crippen LogP contribution in [0.3, 0.4) is 0 Å². The first-order valence-corrected chi connectivity index (χ1v) is 7.04. The Bertz CT molecular complexity index is 594. The molecule has 0 bridgehead atoms. The number of amides is 1. The monoisotopic (exact) mass is 289 g/mol. The SMILES string of the molecule is CC(=O)c1cc(C(=O)N2CCCC(C(=O)O)C2)ccc1C. The van der Waals surface area contributed by atoms with Crippen molar-refractivity contribution in [3.8, 4) is 0 Å². The fraction of sp³-hybridized carbons (Fsp3) is 0.438. The van der Waals surface area contributed by atoms with Crippen molar-refractivity contribution >= 4 is 17.7 Å². The normalized spacial score (nSPS) is 18.4. The number of benzene rings is 1. The Morgan fingerprint density at radius 2 is 2.00 bits per heavy atom. The van der Waals surface area contributed by atoms with Crippen LogP contribution < -0.4 is 0 Å². The highest BCUT2D eigenvalue weighted by molar-refractivity contribution is 6.00. The molecule has 0 saturated carbocycles.